The molecule has 5 fully saturated rings. The fourth-order valence-corrected chi connectivity index (χ4v) is 9.74. The molecule has 2 heterocycles. The van der Waals surface area contributed by atoms with Gasteiger partial charge >= 0.3 is 5.97 Å². The Hall–Kier alpha value is -1.44. The molecular formula is C29H42O11. The van der Waals surface area contributed by atoms with Gasteiger partial charge in [-0.15, -0.1) is 0 Å². The van der Waals surface area contributed by atoms with Crippen LogP contribution in [0.25, 0.3) is 0 Å². The SMILES string of the molecule is C[C@@H]1O[C@@H](O[C@H]2CC[C@]3(C=O)[C@@H]4C[C@@H](O)[C@]5(C)[C@@H](C6=CC(=O)OC6)CC[C@]5(O)[C@H]4CC[C@]3(O)C2)[C@H](O)[C@H](O)[C@H]1O. The fourth-order valence-electron chi connectivity index (χ4n) is 9.74. The Morgan fingerprint density at radius 1 is 1.00 bits per heavy atom. The molecule has 14 atom stereocenters. The smallest absolute Gasteiger partial charge is 0.331 e. The normalized spacial score (nSPS) is 56.0. The number of fused-ring (bicyclic) bond motifs is 5. The van der Waals surface area contributed by atoms with Gasteiger partial charge in [-0.3, -0.25) is 0 Å². The van der Waals surface area contributed by atoms with Crippen LogP contribution < -0.4 is 0 Å². The molecule has 6 aliphatic rings. The molecule has 0 aromatic rings. The number of rotatable bonds is 4. The van der Waals surface area contributed by atoms with Gasteiger partial charge in [0.25, 0.3) is 0 Å². The maximum Gasteiger partial charge on any atom is 0.331 e. The van der Waals surface area contributed by atoms with Crippen molar-refractivity contribution in [2.24, 2.45) is 28.6 Å². The van der Waals surface area contributed by atoms with E-state index in [-0.39, 0.29) is 44.1 Å². The van der Waals surface area contributed by atoms with E-state index in [9.17, 15) is 40.2 Å². The molecule has 6 N–H and O–H groups in total. The molecule has 4 aliphatic carbocycles. The van der Waals surface area contributed by atoms with Crippen LogP contribution >= 0.6 is 0 Å². The fraction of sp³-hybridized carbons (Fsp3) is 0.862. The minimum atomic E-state index is -1.47. The summed E-state index contributed by atoms with van der Waals surface area (Å²) >= 11 is 0. The predicted molar refractivity (Wildman–Crippen MR) is 136 cm³/mol. The zero-order valence-corrected chi connectivity index (χ0v) is 23.0. The topological polar surface area (TPSA) is 183 Å². The van der Waals surface area contributed by atoms with Crippen LogP contribution in [0, 0.1) is 28.6 Å². The van der Waals surface area contributed by atoms with Crippen molar-refractivity contribution in [3.05, 3.63) is 11.6 Å². The van der Waals surface area contributed by atoms with Crippen molar-refractivity contribution in [1.82, 2.24) is 0 Å². The van der Waals surface area contributed by atoms with Gasteiger partial charge in [0.2, 0.25) is 0 Å². The van der Waals surface area contributed by atoms with Crippen LogP contribution in [0.5, 0.6) is 0 Å². The minimum Gasteiger partial charge on any atom is -0.458 e. The van der Waals surface area contributed by atoms with Crippen LogP contribution in [0.3, 0.4) is 0 Å². The third-order valence-corrected chi connectivity index (χ3v) is 12.1. The molecule has 11 nitrogen and oxygen atoms in total. The summed E-state index contributed by atoms with van der Waals surface area (Å²) in [5, 5.41) is 66.7. The number of carbonyl (C=O) groups excluding carboxylic acids is 2. The molecule has 0 unspecified atom stereocenters. The lowest BCUT2D eigenvalue weighted by molar-refractivity contribution is -0.319. The average Bonchev–Trinajstić information content (AvgIpc) is 3.46. The zero-order valence-electron chi connectivity index (χ0n) is 23.0. The van der Waals surface area contributed by atoms with E-state index >= 15 is 0 Å². The van der Waals surface area contributed by atoms with Gasteiger partial charge in [-0.05, 0) is 75.2 Å². The average molecular weight is 567 g/mol. The van der Waals surface area contributed by atoms with Gasteiger partial charge in [0, 0.05) is 17.9 Å². The van der Waals surface area contributed by atoms with Crippen LogP contribution in [0.4, 0.5) is 0 Å². The van der Waals surface area contributed by atoms with Crippen molar-refractivity contribution in [3.63, 3.8) is 0 Å². The number of aliphatic hydroxyl groups is 6. The van der Waals surface area contributed by atoms with Crippen LogP contribution in [-0.2, 0) is 23.8 Å². The number of hydrogen-bond donors (Lipinski definition) is 6. The van der Waals surface area contributed by atoms with Gasteiger partial charge in [-0.1, -0.05) is 6.92 Å². The summed E-state index contributed by atoms with van der Waals surface area (Å²) in [7, 11) is 0. The second kappa shape index (κ2) is 9.54. The van der Waals surface area contributed by atoms with Gasteiger partial charge in [0.05, 0.1) is 34.9 Å². The van der Waals surface area contributed by atoms with Crippen LogP contribution in [0.1, 0.15) is 65.2 Å². The second-order valence-electron chi connectivity index (χ2n) is 13.5. The minimum absolute atomic E-state index is 0.0926. The summed E-state index contributed by atoms with van der Waals surface area (Å²) < 4.78 is 16.8. The van der Waals surface area contributed by atoms with Gasteiger partial charge < -0.3 is 49.6 Å². The standard InChI is InChI=1S/C29H42O11/c1-14-22(33)23(34)24(35)25(39-14)40-16-3-6-27(13-30)19-10-20(31)26(2)17(15-9-21(32)38-12-15)5-8-29(26,37)18(19)4-7-28(27,36)11-16/h9,13-14,16-20,22-25,31,33-37H,3-8,10-12H2,1-2H3/t14-,16-,17+,18-,19+,20+,22-,23+,24+,25-,26-,27-,28-,29-/m0/s1. The first-order chi connectivity index (χ1) is 18.8. The lowest BCUT2D eigenvalue weighted by Gasteiger charge is -2.66. The molecule has 0 bridgehead atoms. The van der Waals surface area contributed by atoms with Crippen LogP contribution in [0.2, 0.25) is 0 Å². The van der Waals surface area contributed by atoms with E-state index in [2.05, 4.69) is 0 Å². The molecule has 224 valence electrons. The zero-order chi connectivity index (χ0) is 28.8. The van der Waals surface area contributed by atoms with Crippen molar-refractivity contribution in [3.8, 4) is 0 Å². The van der Waals surface area contributed by atoms with Crippen LogP contribution in [-0.4, -0.2) is 104 Å². The molecule has 2 aliphatic heterocycles. The highest BCUT2D eigenvalue weighted by molar-refractivity contribution is 5.85. The molecule has 0 aromatic heterocycles. The number of carbonyl (C=O) groups is 2. The van der Waals surface area contributed by atoms with Crippen molar-refractivity contribution < 1.29 is 54.4 Å². The summed E-state index contributed by atoms with van der Waals surface area (Å²) in [6.45, 7) is 3.61. The van der Waals surface area contributed by atoms with Crippen LogP contribution in [0.15, 0.2) is 11.6 Å². The largest absolute Gasteiger partial charge is 0.458 e. The first kappa shape index (κ1) is 28.7. The monoisotopic (exact) mass is 566 g/mol. The highest BCUT2D eigenvalue weighted by Gasteiger charge is 2.74. The first-order valence-electron chi connectivity index (χ1n) is 14.6. The maximum atomic E-state index is 13.0. The Morgan fingerprint density at radius 2 is 1.75 bits per heavy atom. The molecule has 4 saturated carbocycles. The van der Waals surface area contributed by atoms with E-state index in [1.807, 2.05) is 6.92 Å². The van der Waals surface area contributed by atoms with Crippen molar-refractivity contribution in [1.29, 1.82) is 0 Å². The van der Waals surface area contributed by atoms with Gasteiger partial charge in [-0.25, -0.2) is 4.79 Å². The first-order valence-corrected chi connectivity index (χ1v) is 14.6. The van der Waals surface area contributed by atoms with E-state index in [1.165, 1.54) is 6.08 Å². The molecule has 0 aromatic carbocycles. The second-order valence-corrected chi connectivity index (χ2v) is 13.5. The molecule has 0 radical (unpaired) electrons. The Kier molecular flexibility index (Phi) is 6.83. The molecule has 11 heteroatoms. The van der Waals surface area contributed by atoms with E-state index in [4.69, 9.17) is 14.2 Å². The van der Waals surface area contributed by atoms with Crippen molar-refractivity contribution in [2.45, 2.75) is 119 Å². The van der Waals surface area contributed by atoms with E-state index < -0.39 is 76.8 Å². The lowest BCUT2D eigenvalue weighted by Crippen LogP contribution is -2.71. The third-order valence-electron chi connectivity index (χ3n) is 12.1. The summed E-state index contributed by atoms with van der Waals surface area (Å²) in [4.78, 5) is 24.8. The lowest BCUT2D eigenvalue weighted by atomic mass is 9.41. The molecule has 0 amide bonds. The number of hydrogen-bond acceptors (Lipinski definition) is 11. The van der Waals surface area contributed by atoms with E-state index in [1.54, 1.807) is 6.92 Å². The molecule has 40 heavy (non-hydrogen) atoms. The van der Waals surface area contributed by atoms with E-state index in [0.717, 1.165) is 11.9 Å². The summed E-state index contributed by atoms with van der Waals surface area (Å²) in [6, 6.07) is 0. The number of esters is 1. The van der Waals surface area contributed by atoms with Crippen molar-refractivity contribution in [2.75, 3.05) is 6.61 Å². The molecular weight excluding hydrogens is 524 g/mol. The Labute approximate surface area is 233 Å². The quantitative estimate of drug-likeness (QED) is 0.149. The Morgan fingerprint density at radius 3 is 2.42 bits per heavy atom. The highest BCUT2D eigenvalue weighted by Crippen LogP contribution is 2.70. The number of aliphatic hydroxyl groups excluding tert-OH is 4. The van der Waals surface area contributed by atoms with Gasteiger partial charge in [0.1, 0.15) is 31.2 Å². The van der Waals surface area contributed by atoms with E-state index in [0.29, 0.717) is 25.7 Å². The summed E-state index contributed by atoms with van der Waals surface area (Å²) in [5.41, 5.74) is -4.09. The molecule has 6 rings (SSSR count). The highest BCUT2D eigenvalue weighted by atomic mass is 16.7. The van der Waals surface area contributed by atoms with Gasteiger partial charge in [-0.2, -0.15) is 0 Å². The molecule has 0 spiro atoms. The Balaban J connectivity index is 1.25. The maximum absolute atomic E-state index is 13.0. The molecule has 1 saturated heterocycles. The summed E-state index contributed by atoms with van der Waals surface area (Å²) in [5.74, 6) is -1.42. The number of aldehydes is 1. The van der Waals surface area contributed by atoms with Crippen molar-refractivity contribution >= 4 is 12.3 Å². The number of ether oxygens (including phenoxy) is 3. The number of cyclic esters (lactones) is 1. The summed E-state index contributed by atoms with van der Waals surface area (Å²) in [6.07, 6.45) is -2.70. The predicted octanol–water partition coefficient (Wildman–Crippen LogP) is -0.279. The Bertz CT molecular complexity index is 1080. The third kappa shape index (κ3) is 3.71. The van der Waals surface area contributed by atoms with Gasteiger partial charge in [0.15, 0.2) is 6.29 Å².